The third kappa shape index (κ3) is 3.70. The molecular formula is C19H18N2O3. The average Bonchev–Trinajstić information content (AvgIpc) is 3.12. The van der Waals surface area contributed by atoms with Gasteiger partial charge in [-0.3, -0.25) is 4.79 Å². The lowest BCUT2D eigenvalue weighted by molar-refractivity contribution is 0.0666. The molecule has 0 radical (unpaired) electrons. The molecule has 0 saturated heterocycles. The zero-order valence-electron chi connectivity index (χ0n) is 13.1. The molecule has 1 heterocycles. The Morgan fingerprint density at radius 2 is 1.71 bits per heavy atom. The van der Waals surface area contributed by atoms with Crippen LogP contribution in [0.4, 0.5) is 0 Å². The van der Waals surface area contributed by atoms with E-state index < -0.39 is 0 Å². The van der Waals surface area contributed by atoms with Gasteiger partial charge in [-0.2, -0.15) is 0 Å². The third-order valence-electron chi connectivity index (χ3n) is 3.66. The minimum absolute atomic E-state index is 0.113. The van der Waals surface area contributed by atoms with Crippen molar-refractivity contribution in [1.29, 1.82) is 0 Å². The van der Waals surface area contributed by atoms with E-state index in [0.717, 1.165) is 11.1 Å². The van der Waals surface area contributed by atoms with Gasteiger partial charge in [-0.15, -0.1) is 0 Å². The van der Waals surface area contributed by atoms with Crippen LogP contribution in [0, 0.1) is 0 Å². The lowest BCUT2D eigenvalue weighted by atomic mass is 10.1. The Kier molecular flexibility index (Phi) is 5.03. The summed E-state index contributed by atoms with van der Waals surface area (Å²) in [5.41, 5.74) is 2.49. The number of benzene rings is 2. The molecule has 1 amide bonds. The number of nitrogens with zero attached hydrogens (tertiary/aromatic N) is 2. The van der Waals surface area contributed by atoms with Crippen LogP contribution >= 0.6 is 0 Å². The van der Waals surface area contributed by atoms with Crippen molar-refractivity contribution in [1.82, 2.24) is 10.1 Å². The molecule has 1 N–H and O–H groups in total. The second kappa shape index (κ2) is 7.57. The van der Waals surface area contributed by atoms with Gasteiger partial charge in [0.05, 0.1) is 6.61 Å². The summed E-state index contributed by atoms with van der Waals surface area (Å²) in [6.07, 6.45) is 0. The summed E-state index contributed by atoms with van der Waals surface area (Å²) in [5.74, 6) is -0.124. The van der Waals surface area contributed by atoms with Crippen molar-refractivity contribution < 1.29 is 14.4 Å². The van der Waals surface area contributed by atoms with Gasteiger partial charge in [0.1, 0.15) is 5.69 Å². The van der Waals surface area contributed by atoms with E-state index in [2.05, 4.69) is 5.16 Å². The third-order valence-corrected chi connectivity index (χ3v) is 3.66. The fraction of sp³-hybridized carbons (Fsp3) is 0.158. The highest BCUT2D eigenvalue weighted by Crippen LogP contribution is 2.20. The zero-order valence-corrected chi connectivity index (χ0v) is 13.1. The van der Waals surface area contributed by atoms with Gasteiger partial charge in [0, 0.05) is 24.7 Å². The molecule has 3 rings (SSSR count). The number of amides is 1. The molecule has 1 aromatic heterocycles. The Bertz CT molecular complexity index is 785. The van der Waals surface area contributed by atoms with Crippen molar-refractivity contribution in [2.24, 2.45) is 0 Å². The van der Waals surface area contributed by atoms with Gasteiger partial charge in [-0.1, -0.05) is 65.8 Å². The number of hydrogen-bond donors (Lipinski definition) is 1. The van der Waals surface area contributed by atoms with E-state index in [1.165, 1.54) is 0 Å². The molecule has 0 unspecified atom stereocenters. The van der Waals surface area contributed by atoms with E-state index in [4.69, 9.17) is 4.52 Å². The standard InChI is InChI=1S/C19H18N2O3/c22-12-11-21(14-15-7-3-1-4-8-15)19(23)18-13-17(20-24-18)16-9-5-2-6-10-16/h1-10,13,22H,11-12,14H2. The van der Waals surface area contributed by atoms with Crippen LogP contribution < -0.4 is 0 Å². The summed E-state index contributed by atoms with van der Waals surface area (Å²) in [5, 5.41) is 13.2. The monoisotopic (exact) mass is 322 g/mol. The van der Waals surface area contributed by atoms with Gasteiger partial charge in [0.25, 0.3) is 5.91 Å². The zero-order chi connectivity index (χ0) is 16.8. The van der Waals surface area contributed by atoms with Gasteiger partial charge in [0.15, 0.2) is 0 Å². The summed E-state index contributed by atoms with van der Waals surface area (Å²) in [4.78, 5) is 14.2. The summed E-state index contributed by atoms with van der Waals surface area (Å²) >= 11 is 0. The molecule has 0 bridgehead atoms. The molecule has 24 heavy (non-hydrogen) atoms. The molecule has 0 spiro atoms. The molecule has 5 nitrogen and oxygen atoms in total. The van der Waals surface area contributed by atoms with Crippen molar-refractivity contribution >= 4 is 5.91 Å². The van der Waals surface area contributed by atoms with Crippen LogP contribution in [-0.2, 0) is 6.54 Å². The number of aromatic nitrogens is 1. The molecule has 0 aliphatic heterocycles. The fourth-order valence-corrected chi connectivity index (χ4v) is 2.45. The predicted molar refractivity (Wildman–Crippen MR) is 90.2 cm³/mol. The van der Waals surface area contributed by atoms with E-state index in [1.54, 1.807) is 11.0 Å². The summed E-state index contributed by atoms with van der Waals surface area (Å²) in [6, 6.07) is 20.8. The Balaban J connectivity index is 1.79. The highest BCUT2D eigenvalue weighted by Gasteiger charge is 2.21. The molecule has 5 heteroatoms. The fourth-order valence-electron chi connectivity index (χ4n) is 2.45. The molecule has 3 aromatic rings. The minimum Gasteiger partial charge on any atom is -0.395 e. The number of rotatable bonds is 6. The van der Waals surface area contributed by atoms with Crippen molar-refractivity contribution in [3.63, 3.8) is 0 Å². The molecule has 0 atom stereocenters. The molecule has 0 aliphatic rings. The SMILES string of the molecule is O=C(c1cc(-c2ccccc2)no1)N(CCO)Cc1ccccc1. The average molecular weight is 322 g/mol. The molecule has 0 aliphatic carbocycles. The van der Waals surface area contributed by atoms with Crippen molar-refractivity contribution in [3.05, 3.63) is 78.1 Å². The summed E-state index contributed by atoms with van der Waals surface area (Å²) in [6.45, 7) is 0.523. The number of aliphatic hydroxyl groups excluding tert-OH is 1. The Labute approximate surface area is 140 Å². The second-order valence-corrected chi connectivity index (χ2v) is 5.38. The van der Waals surface area contributed by atoms with Crippen LogP contribution in [0.15, 0.2) is 71.3 Å². The van der Waals surface area contributed by atoms with Gasteiger partial charge in [0.2, 0.25) is 5.76 Å². The van der Waals surface area contributed by atoms with Crippen molar-refractivity contribution in [3.8, 4) is 11.3 Å². The van der Waals surface area contributed by atoms with Crippen LogP contribution in [0.5, 0.6) is 0 Å². The molecule has 0 fully saturated rings. The smallest absolute Gasteiger partial charge is 0.292 e. The van der Waals surface area contributed by atoms with E-state index in [1.807, 2.05) is 60.7 Å². The highest BCUT2D eigenvalue weighted by atomic mass is 16.5. The molecular weight excluding hydrogens is 304 g/mol. The summed E-state index contributed by atoms with van der Waals surface area (Å²) in [7, 11) is 0. The van der Waals surface area contributed by atoms with Crippen LogP contribution in [-0.4, -0.2) is 34.2 Å². The van der Waals surface area contributed by atoms with Crippen LogP contribution in [0.2, 0.25) is 0 Å². The number of carbonyl (C=O) groups is 1. The lowest BCUT2D eigenvalue weighted by Gasteiger charge is -2.20. The van der Waals surface area contributed by atoms with E-state index in [9.17, 15) is 9.90 Å². The number of hydrogen-bond acceptors (Lipinski definition) is 4. The first-order chi connectivity index (χ1) is 11.8. The quantitative estimate of drug-likeness (QED) is 0.757. The Hall–Kier alpha value is -2.92. The van der Waals surface area contributed by atoms with E-state index in [0.29, 0.717) is 12.2 Å². The Morgan fingerprint density at radius 3 is 2.38 bits per heavy atom. The largest absolute Gasteiger partial charge is 0.395 e. The van der Waals surface area contributed by atoms with Gasteiger partial charge < -0.3 is 14.5 Å². The van der Waals surface area contributed by atoms with Crippen LogP contribution in [0.3, 0.4) is 0 Å². The second-order valence-electron chi connectivity index (χ2n) is 5.38. The van der Waals surface area contributed by atoms with E-state index in [-0.39, 0.29) is 24.8 Å². The van der Waals surface area contributed by atoms with Gasteiger partial charge >= 0.3 is 0 Å². The molecule has 2 aromatic carbocycles. The van der Waals surface area contributed by atoms with Crippen molar-refractivity contribution in [2.75, 3.05) is 13.2 Å². The molecule has 122 valence electrons. The van der Waals surface area contributed by atoms with Crippen LogP contribution in [0.1, 0.15) is 16.1 Å². The first-order valence-electron chi connectivity index (χ1n) is 7.74. The summed E-state index contributed by atoms with van der Waals surface area (Å²) < 4.78 is 5.22. The topological polar surface area (TPSA) is 66.6 Å². The van der Waals surface area contributed by atoms with Gasteiger partial charge in [-0.25, -0.2) is 0 Å². The highest BCUT2D eigenvalue weighted by molar-refractivity contribution is 5.92. The van der Waals surface area contributed by atoms with E-state index >= 15 is 0 Å². The van der Waals surface area contributed by atoms with Gasteiger partial charge in [-0.05, 0) is 5.56 Å². The predicted octanol–water partition coefficient (Wildman–Crippen LogP) is 2.98. The van der Waals surface area contributed by atoms with Crippen LogP contribution in [0.25, 0.3) is 11.3 Å². The maximum Gasteiger partial charge on any atom is 0.292 e. The maximum atomic E-state index is 12.7. The Morgan fingerprint density at radius 1 is 1.04 bits per heavy atom. The number of aliphatic hydroxyl groups is 1. The van der Waals surface area contributed by atoms with Crippen molar-refractivity contribution in [2.45, 2.75) is 6.54 Å². The first-order valence-corrected chi connectivity index (χ1v) is 7.74. The first kappa shape index (κ1) is 16.0. The molecule has 0 saturated carbocycles. The maximum absolute atomic E-state index is 12.7. The minimum atomic E-state index is -0.289. The number of carbonyl (C=O) groups excluding carboxylic acids is 1. The lowest BCUT2D eigenvalue weighted by Crippen LogP contribution is -2.32. The normalized spacial score (nSPS) is 10.5.